The van der Waals surface area contributed by atoms with Crippen molar-refractivity contribution >= 4 is 21.6 Å². The van der Waals surface area contributed by atoms with Gasteiger partial charge < -0.3 is 4.90 Å². The number of nitrogens with one attached hydrogen (secondary N) is 1. The second kappa shape index (κ2) is 6.75. The van der Waals surface area contributed by atoms with Gasteiger partial charge in [0.15, 0.2) is 0 Å². The highest BCUT2D eigenvalue weighted by Gasteiger charge is 2.25. The number of hydrogen-bond acceptors (Lipinski definition) is 3. The molecule has 126 valence electrons. The maximum absolute atomic E-state index is 12.4. The number of carbonyl (C=O) groups excluding carboxylic acids is 1. The lowest BCUT2D eigenvalue weighted by molar-refractivity contribution is -0.117. The van der Waals surface area contributed by atoms with Gasteiger partial charge in [-0.05, 0) is 36.1 Å². The molecule has 1 aliphatic heterocycles. The predicted octanol–water partition coefficient (Wildman–Crippen LogP) is 2.00. The van der Waals surface area contributed by atoms with Gasteiger partial charge in [0.2, 0.25) is 15.9 Å². The molecule has 2 aromatic carbocycles. The van der Waals surface area contributed by atoms with Crippen molar-refractivity contribution in [2.75, 3.05) is 18.0 Å². The van der Waals surface area contributed by atoms with Crippen LogP contribution in [0.4, 0.5) is 5.69 Å². The van der Waals surface area contributed by atoms with Gasteiger partial charge in [-0.15, -0.1) is 0 Å². The smallest absolute Gasteiger partial charge is 0.242 e. The summed E-state index contributed by atoms with van der Waals surface area (Å²) in [6.07, 6.45) is 0.803. The minimum atomic E-state index is -3.56. The lowest BCUT2D eigenvalue weighted by Crippen LogP contribution is -2.39. The van der Waals surface area contributed by atoms with Crippen LogP contribution < -0.4 is 9.62 Å². The van der Waals surface area contributed by atoms with Crippen LogP contribution in [-0.4, -0.2) is 27.4 Å². The largest absolute Gasteiger partial charge is 0.311 e. The molecule has 0 saturated heterocycles. The minimum absolute atomic E-state index is 0.121. The van der Waals surface area contributed by atoms with Crippen molar-refractivity contribution in [1.29, 1.82) is 0 Å². The second-order valence-corrected chi connectivity index (χ2v) is 7.74. The van der Waals surface area contributed by atoms with Crippen molar-refractivity contribution in [1.82, 2.24) is 4.72 Å². The van der Waals surface area contributed by atoms with Gasteiger partial charge in [0.25, 0.3) is 0 Å². The molecule has 0 aliphatic carbocycles. The summed E-state index contributed by atoms with van der Waals surface area (Å²) in [6.45, 7) is 2.25. The van der Waals surface area contributed by atoms with E-state index in [0.717, 1.165) is 28.8 Å². The van der Waals surface area contributed by atoms with Gasteiger partial charge in [-0.3, -0.25) is 4.79 Å². The van der Waals surface area contributed by atoms with E-state index in [4.69, 9.17) is 0 Å². The zero-order chi connectivity index (χ0) is 17.2. The second-order valence-electron chi connectivity index (χ2n) is 5.93. The van der Waals surface area contributed by atoms with E-state index in [1.807, 2.05) is 49.4 Å². The molecule has 1 aliphatic rings. The summed E-state index contributed by atoms with van der Waals surface area (Å²) < 4.78 is 26.9. The average Bonchev–Trinajstić information content (AvgIpc) is 2.99. The van der Waals surface area contributed by atoms with Crippen LogP contribution in [0.2, 0.25) is 0 Å². The molecule has 0 radical (unpaired) electrons. The Morgan fingerprint density at radius 3 is 2.62 bits per heavy atom. The molecule has 0 aromatic heterocycles. The van der Waals surface area contributed by atoms with Crippen molar-refractivity contribution < 1.29 is 13.2 Å². The first-order valence-electron chi connectivity index (χ1n) is 7.86. The summed E-state index contributed by atoms with van der Waals surface area (Å²) in [6, 6.07) is 15.0. The van der Waals surface area contributed by atoms with E-state index in [1.165, 1.54) is 0 Å². The van der Waals surface area contributed by atoms with Crippen LogP contribution in [0.15, 0.2) is 48.5 Å². The molecule has 1 N–H and O–H groups in total. The normalized spacial score (nSPS) is 13.8. The Morgan fingerprint density at radius 2 is 1.83 bits per heavy atom. The molecule has 1 amide bonds. The number of nitrogens with zero attached hydrogens (tertiary/aromatic N) is 1. The van der Waals surface area contributed by atoms with Crippen LogP contribution >= 0.6 is 0 Å². The number of amides is 1. The van der Waals surface area contributed by atoms with Gasteiger partial charge in [0.1, 0.15) is 0 Å². The Balaban J connectivity index is 1.63. The van der Waals surface area contributed by atoms with E-state index in [9.17, 15) is 13.2 Å². The van der Waals surface area contributed by atoms with Crippen molar-refractivity contribution in [3.63, 3.8) is 0 Å². The monoisotopic (exact) mass is 344 g/mol. The van der Waals surface area contributed by atoms with Crippen LogP contribution in [0.25, 0.3) is 0 Å². The van der Waals surface area contributed by atoms with E-state index in [2.05, 4.69) is 4.72 Å². The van der Waals surface area contributed by atoms with Gasteiger partial charge in [0, 0.05) is 12.2 Å². The fraction of sp³-hybridized carbons (Fsp3) is 0.278. The van der Waals surface area contributed by atoms with E-state index in [-0.39, 0.29) is 18.2 Å². The lowest BCUT2D eigenvalue weighted by atomic mass is 10.1. The van der Waals surface area contributed by atoms with Gasteiger partial charge in [0.05, 0.1) is 12.3 Å². The molecular formula is C18H20N2O3S. The molecule has 0 bridgehead atoms. The maximum atomic E-state index is 12.4. The topological polar surface area (TPSA) is 66.5 Å². The van der Waals surface area contributed by atoms with Crippen molar-refractivity contribution in [2.45, 2.75) is 19.1 Å². The first-order chi connectivity index (χ1) is 11.5. The Labute approximate surface area is 142 Å². The SMILES string of the molecule is Cc1ccccc1CS(=O)(=O)NCC(=O)N1CCc2ccccc21. The predicted molar refractivity (Wildman–Crippen MR) is 94.3 cm³/mol. The molecule has 0 atom stereocenters. The Morgan fingerprint density at radius 1 is 1.12 bits per heavy atom. The minimum Gasteiger partial charge on any atom is -0.311 e. The number of anilines is 1. The standard InChI is InChI=1S/C18H20N2O3S/c1-14-6-2-3-8-16(14)13-24(22,23)19-12-18(21)20-11-10-15-7-4-5-9-17(15)20/h2-9,19H,10-13H2,1H3. The molecule has 1 heterocycles. The molecule has 6 heteroatoms. The summed E-state index contributed by atoms with van der Waals surface area (Å²) in [5.74, 6) is -0.350. The van der Waals surface area contributed by atoms with Crippen molar-refractivity contribution in [3.8, 4) is 0 Å². The molecule has 2 aromatic rings. The van der Waals surface area contributed by atoms with Crippen molar-refractivity contribution in [2.24, 2.45) is 0 Å². The number of carbonyl (C=O) groups is 1. The third-order valence-corrected chi connectivity index (χ3v) is 5.51. The quantitative estimate of drug-likeness (QED) is 0.902. The molecule has 0 saturated carbocycles. The number of rotatable bonds is 5. The molecule has 3 rings (SSSR count). The maximum Gasteiger partial charge on any atom is 0.242 e. The summed E-state index contributed by atoms with van der Waals surface area (Å²) in [5, 5.41) is 0. The molecule has 24 heavy (non-hydrogen) atoms. The Bertz CT molecular complexity index is 862. The highest BCUT2D eigenvalue weighted by atomic mass is 32.2. The fourth-order valence-electron chi connectivity index (χ4n) is 2.89. The van der Waals surface area contributed by atoms with Gasteiger partial charge >= 0.3 is 0 Å². The zero-order valence-electron chi connectivity index (χ0n) is 13.5. The highest BCUT2D eigenvalue weighted by Crippen LogP contribution is 2.27. The molecule has 0 unspecified atom stereocenters. The van der Waals surface area contributed by atoms with Crippen LogP contribution in [0.1, 0.15) is 16.7 Å². The Hall–Kier alpha value is -2.18. The van der Waals surface area contributed by atoms with Gasteiger partial charge in [-0.1, -0.05) is 42.5 Å². The summed E-state index contributed by atoms with van der Waals surface area (Å²) >= 11 is 0. The number of fused-ring (bicyclic) bond motifs is 1. The van der Waals surface area contributed by atoms with Gasteiger partial charge in [-0.25, -0.2) is 13.1 Å². The highest BCUT2D eigenvalue weighted by molar-refractivity contribution is 7.88. The van der Waals surface area contributed by atoms with E-state index < -0.39 is 10.0 Å². The molecular weight excluding hydrogens is 324 g/mol. The van der Waals surface area contributed by atoms with Crippen LogP contribution in [0.5, 0.6) is 0 Å². The van der Waals surface area contributed by atoms with E-state index in [1.54, 1.807) is 11.0 Å². The van der Waals surface area contributed by atoms with Crippen LogP contribution in [0, 0.1) is 6.92 Å². The number of benzene rings is 2. The van der Waals surface area contributed by atoms with Crippen molar-refractivity contribution in [3.05, 3.63) is 65.2 Å². The van der Waals surface area contributed by atoms with E-state index in [0.29, 0.717) is 6.54 Å². The average molecular weight is 344 g/mol. The zero-order valence-corrected chi connectivity index (χ0v) is 14.3. The third kappa shape index (κ3) is 3.66. The summed E-state index contributed by atoms with van der Waals surface area (Å²) in [5.41, 5.74) is 3.65. The first kappa shape index (κ1) is 16.7. The fourth-order valence-corrected chi connectivity index (χ4v) is 4.07. The Kier molecular flexibility index (Phi) is 4.69. The summed E-state index contributed by atoms with van der Waals surface area (Å²) in [7, 11) is -3.56. The van der Waals surface area contributed by atoms with E-state index >= 15 is 0 Å². The third-order valence-electron chi connectivity index (χ3n) is 4.24. The lowest BCUT2D eigenvalue weighted by Gasteiger charge is -2.17. The van der Waals surface area contributed by atoms with Crippen LogP contribution in [-0.2, 0) is 27.0 Å². The molecule has 5 nitrogen and oxygen atoms in total. The number of aryl methyl sites for hydroxylation is 1. The number of para-hydroxylation sites is 1. The van der Waals surface area contributed by atoms with Crippen LogP contribution in [0.3, 0.4) is 0 Å². The number of sulfonamides is 1. The first-order valence-corrected chi connectivity index (χ1v) is 9.51. The van der Waals surface area contributed by atoms with Gasteiger partial charge in [-0.2, -0.15) is 0 Å². The molecule has 0 spiro atoms. The molecule has 0 fully saturated rings. The summed E-state index contributed by atoms with van der Waals surface area (Å²) in [4.78, 5) is 14.0. The number of hydrogen-bond donors (Lipinski definition) is 1.